The van der Waals surface area contributed by atoms with Crippen LogP contribution in [0.1, 0.15) is 13.3 Å². The second kappa shape index (κ2) is 6.47. The maximum absolute atomic E-state index is 12.9. The van der Waals surface area contributed by atoms with Crippen LogP contribution in [0, 0.1) is 5.82 Å². The van der Waals surface area contributed by atoms with Crippen molar-refractivity contribution < 1.29 is 4.39 Å². The molecule has 0 aliphatic rings. The van der Waals surface area contributed by atoms with Crippen LogP contribution in [0.15, 0.2) is 24.3 Å². The number of hydrogen-bond donors (Lipinski definition) is 1. The average molecular weight is 296 g/mol. The van der Waals surface area contributed by atoms with Crippen LogP contribution in [0.4, 0.5) is 22.0 Å². The molecule has 1 aromatic carbocycles. The van der Waals surface area contributed by atoms with Gasteiger partial charge in [0.05, 0.1) is 0 Å². The summed E-state index contributed by atoms with van der Waals surface area (Å²) in [5, 5.41) is 3.17. The Balaban J connectivity index is 2.26. The normalized spacial score (nSPS) is 10.4. The van der Waals surface area contributed by atoms with Crippen molar-refractivity contribution in [3.63, 3.8) is 0 Å². The van der Waals surface area contributed by atoms with E-state index in [0.29, 0.717) is 11.9 Å². The fourth-order valence-corrected chi connectivity index (χ4v) is 1.74. The molecule has 2 rings (SSSR count). The minimum Gasteiger partial charge on any atom is -0.354 e. The number of anilines is 3. The number of nitrogens with one attached hydrogen (secondary N) is 1. The molecule has 20 heavy (non-hydrogen) atoms. The number of rotatable bonds is 5. The number of halogens is 2. The van der Waals surface area contributed by atoms with E-state index in [1.807, 2.05) is 6.92 Å². The summed E-state index contributed by atoms with van der Waals surface area (Å²) in [4.78, 5) is 14.1. The quantitative estimate of drug-likeness (QED) is 0.917. The van der Waals surface area contributed by atoms with Crippen molar-refractivity contribution in [1.82, 2.24) is 15.0 Å². The van der Waals surface area contributed by atoms with Crippen LogP contribution in [0.5, 0.6) is 0 Å². The molecule has 0 aliphatic heterocycles. The first-order chi connectivity index (χ1) is 9.60. The van der Waals surface area contributed by atoms with Gasteiger partial charge in [0.1, 0.15) is 5.82 Å². The highest BCUT2D eigenvalue weighted by Gasteiger charge is 2.11. The van der Waals surface area contributed by atoms with Gasteiger partial charge in [0.25, 0.3) is 0 Å². The maximum Gasteiger partial charge on any atom is 0.235 e. The van der Waals surface area contributed by atoms with Crippen LogP contribution in [0.3, 0.4) is 0 Å². The number of aromatic nitrogens is 3. The molecular weight excluding hydrogens is 281 g/mol. The van der Waals surface area contributed by atoms with Crippen LogP contribution >= 0.6 is 11.6 Å². The largest absolute Gasteiger partial charge is 0.354 e. The van der Waals surface area contributed by atoms with Gasteiger partial charge in [-0.15, -0.1) is 0 Å². The lowest BCUT2D eigenvalue weighted by molar-refractivity contribution is 0.628. The summed E-state index contributed by atoms with van der Waals surface area (Å²) >= 11 is 5.90. The van der Waals surface area contributed by atoms with E-state index in [-0.39, 0.29) is 11.1 Å². The van der Waals surface area contributed by atoms with Gasteiger partial charge in [-0.2, -0.15) is 15.0 Å². The van der Waals surface area contributed by atoms with Gasteiger partial charge in [0, 0.05) is 19.3 Å². The highest BCUT2D eigenvalue weighted by molar-refractivity contribution is 6.28. The van der Waals surface area contributed by atoms with Crippen molar-refractivity contribution in [2.24, 2.45) is 0 Å². The lowest BCUT2D eigenvalue weighted by Crippen LogP contribution is -2.15. The molecule has 0 bridgehead atoms. The Hall–Kier alpha value is -1.95. The molecule has 1 heterocycles. The number of benzene rings is 1. The predicted molar refractivity (Wildman–Crippen MR) is 78.1 cm³/mol. The first-order valence-electron chi connectivity index (χ1n) is 6.25. The van der Waals surface area contributed by atoms with E-state index >= 15 is 0 Å². The molecule has 1 N–H and O–H groups in total. The van der Waals surface area contributed by atoms with Crippen molar-refractivity contribution in [1.29, 1.82) is 0 Å². The predicted octanol–water partition coefficient (Wildman–Crippen LogP) is 3.25. The number of nitrogens with zero attached hydrogens (tertiary/aromatic N) is 4. The summed E-state index contributed by atoms with van der Waals surface area (Å²) in [6.07, 6.45) is 0.951. The highest BCUT2D eigenvalue weighted by atomic mass is 35.5. The van der Waals surface area contributed by atoms with Crippen LogP contribution in [-0.4, -0.2) is 28.5 Å². The zero-order chi connectivity index (χ0) is 14.5. The molecule has 0 unspecified atom stereocenters. The van der Waals surface area contributed by atoms with Gasteiger partial charge in [-0.1, -0.05) is 6.92 Å². The Morgan fingerprint density at radius 3 is 2.55 bits per heavy atom. The minimum absolute atomic E-state index is 0.113. The summed E-state index contributed by atoms with van der Waals surface area (Å²) < 4.78 is 12.9. The molecule has 2 aromatic rings. The van der Waals surface area contributed by atoms with Gasteiger partial charge in [-0.3, -0.25) is 0 Å². The van der Waals surface area contributed by atoms with Crippen molar-refractivity contribution in [3.05, 3.63) is 35.4 Å². The summed E-state index contributed by atoms with van der Waals surface area (Å²) in [6.45, 7) is 2.79. The lowest BCUT2D eigenvalue weighted by atomic mass is 10.3. The van der Waals surface area contributed by atoms with Crippen molar-refractivity contribution in [2.45, 2.75) is 13.3 Å². The van der Waals surface area contributed by atoms with Crippen LogP contribution in [-0.2, 0) is 0 Å². The molecule has 0 radical (unpaired) electrons. The molecule has 106 valence electrons. The molecule has 0 spiro atoms. The number of hydrogen-bond acceptors (Lipinski definition) is 5. The molecule has 7 heteroatoms. The highest BCUT2D eigenvalue weighted by Crippen LogP contribution is 2.22. The van der Waals surface area contributed by atoms with Gasteiger partial charge in [0.2, 0.25) is 17.2 Å². The fraction of sp³-hybridized carbons (Fsp3) is 0.308. The summed E-state index contributed by atoms with van der Waals surface area (Å²) in [5.74, 6) is 0.534. The van der Waals surface area contributed by atoms with E-state index in [0.717, 1.165) is 18.7 Å². The van der Waals surface area contributed by atoms with E-state index in [4.69, 9.17) is 11.6 Å². The topological polar surface area (TPSA) is 53.9 Å². The Labute approximate surface area is 121 Å². The molecule has 0 aliphatic carbocycles. The maximum atomic E-state index is 12.9. The first kappa shape index (κ1) is 14.5. The molecule has 0 saturated heterocycles. The van der Waals surface area contributed by atoms with Gasteiger partial charge in [-0.25, -0.2) is 4.39 Å². The third kappa shape index (κ3) is 3.54. The second-order valence-electron chi connectivity index (χ2n) is 4.19. The fourth-order valence-electron chi connectivity index (χ4n) is 1.59. The van der Waals surface area contributed by atoms with Crippen molar-refractivity contribution >= 4 is 29.2 Å². The van der Waals surface area contributed by atoms with Gasteiger partial charge in [-0.05, 0) is 42.3 Å². The van der Waals surface area contributed by atoms with Crippen molar-refractivity contribution in [2.75, 3.05) is 23.8 Å². The van der Waals surface area contributed by atoms with Gasteiger partial charge < -0.3 is 10.2 Å². The average Bonchev–Trinajstić information content (AvgIpc) is 2.44. The van der Waals surface area contributed by atoms with E-state index < -0.39 is 0 Å². The minimum atomic E-state index is -0.291. The molecule has 0 saturated carbocycles. The SMILES string of the molecule is CCCNc1nc(Cl)nc(N(C)c2ccc(F)cc2)n1. The summed E-state index contributed by atoms with van der Waals surface area (Å²) in [6, 6.07) is 6.05. The molecular formula is C13H15ClFN5. The third-order valence-corrected chi connectivity index (χ3v) is 2.81. The molecule has 5 nitrogen and oxygen atoms in total. The summed E-state index contributed by atoms with van der Waals surface area (Å²) in [5.41, 5.74) is 0.759. The molecule has 0 atom stereocenters. The van der Waals surface area contributed by atoms with Gasteiger partial charge in [0.15, 0.2) is 0 Å². The van der Waals surface area contributed by atoms with Crippen molar-refractivity contribution in [3.8, 4) is 0 Å². The standard InChI is InChI=1S/C13H15ClFN5/c1-3-8-16-12-17-11(14)18-13(19-12)20(2)10-6-4-9(15)5-7-10/h4-7H,3,8H2,1-2H3,(H,16,17,18,19). The van der Waals surface area contributed by atoms with Crippen LogP contribution < -0.4 is 10.2 Å². The van der Waals surface area contributed by atoms with E-state index in [1.54, 1.807) is 24.1 Å². The van der Waals surface area contributed by atoms with Crippen LogP contribution in [0.2, 0.25) is 5.28 Å². The zero-order valence-corrected chi connectivity index (χ0v) is 12.0. The zero-order valence-electron chi connectivity index (χ0n) is 11.3. The summed E-state index contributed by atoms with van der Waals surface area (Å²) in [7, 11) is 1.78. The Morgan fingerprint density at radius 2 is 1.90 bits per heavy atom. The van der Waals surface area contributed by atoms with Gasteiger partial charge >= 0.3 is 0 Å². The Bertz CT molecular complexity index is 575. The third-order valence-electron chi connectivity index (χ3n) is 2.64. The van der Waals surface area contributed by atoms with E-state index in [9.17, 15) is 4.39 Å². The first-order valence-corrected chi connectivity index (χ1v) is 6.62. The molecule has 0 amide bonds. The van der Waals surface area contributed by atoms with E-state index in [2.05, 4.69) is 20.3 Å². The smallest absolute Gasteiger partial charge is 0.235 e. The van der Waals surface area contributed by atoms with Crippen LogP contribution in [0.25, 0.3) is 0 Å². The molecule has 1 aromatic heterocycles. The lowest BCUT2D eigenvalue weighted by Gasteiger charge is -2.17. The Kier molecular flexibility index (Phi) is 4.68. The Morgan fingerprint density at radius 1 is 1.20 bits per heavy atom. The van der Waals surface area contributed by atoms with E-state index in [1.165, 1.54) is 12.1 Å². The monoisotopic (exact) mass is 295 g/mol. The second-order valence-corrected chi connectivity index (χ2v) is 4.53. The molecule has 0 fully saturated rings.